The van der Waals surface area contributed by atoms with Gasteiger partial charge in [0.25, 0.3) is 0 Å². The van der Waals surface area contributed by atoms with Crippen LogP contribution in [0.2, 0.25) is 0 Å². The molecule has 0 radical (unpaired) electrons. The highest BCUT2D eigenvalue weighted by Gasteiger charge is 2.35. The number of amides is 2. The van der Waals surface area contributed by atoms with Gasteiger partial charge in [0.05, 0.1) is 23.9 Å². The summed E-state index contributed by atoms with van der Waals surface area (Å²) >= 11 is 0. The van der Waals surface area contributed by atoms with Gasteiger partial charge in [-0.2, -0.15) is 0 Å². The maximum absolute atomic E-state index is 12.9. The molecule has 0 aromatic heterocycles. The fourth-order valence-electron chi connectivity index (χ4n) is 4.07. The van der Waals surface area contributed by atoms with Crippen molar-refractivity contribution in [3.05, 3.63) is 48.5 Å². The van der Waals surface area contributed by atoms with Crippen molar-refractivity contribution in [1.29, 1.82) is 0 Å². The maximum atomic E-state index is 12.9. The normalized spacial score (nSPS) is 18.9. The second-order valence-electron chi connectivity index (χ2n) is 7.53. The van der Waals surface area contributed by atoms with Crippen LogP contribution in [0.4, 0.5) is 17.1 Å². The Labute approximate surface area is 171 Å². The van der Waals surface area contributed by atoms with Crippen molar-refractivity contribution in [3.8, 4) is 5.75 Å². The van der Waals surface area contributed by atoms with E-state index in [0.717, 1.165) is 35.9 Å². The standard InChI is InChI=1S/C23H27N3O3/c1-2-29-19-11-9-18(10-12-19)26-16-17(15-22(26)27)23(28)24-20-7-3-4-8-21(20)25-13-5-6-14-25/h3-4,7-12,17H,2,5-6,13-16H2,1H3,(H,24,28)/t17-/m0/s1. The first-order valence-electron chi connectivity index (χ1n) is 10.3. The molecule has 2 aromatic carbocycles. The second-order valence-corrected chi connectivity index (χ2v) is 7.53. The van der Waals surface area contributed by atoms with E-state index in [1.807, 2.05) is 55.5 Å². The Morgan fingerprint density at radius 2 is 1.83 bits per heavy atom. The molecule has 2 heterocycles. The van der Waals surface area contributed by atoms with Crippen molar-refractivity contribution in [2.75, 3.05) is 41.4 Å². The van der Waals surface area contributed by atoms with Gasteiger partial charge in [0.15, 0.2) is 0 Å². The van der Waals surface area contributed by atoms with E-state index in [-0.39, 0.29) is 24.2 Å². The predicted octanol–water partition coefficient (Wildman–Crippen LogP) is 3.68. The number of carbonyl (C=O) groups is 2. The summed E-state index contributed by atoms with van der Waals surface area (Å²) in [6.45, 7) is 4.96. The van der Waals surface area contributed by atoms with E-state index in [0.29, 0.717) is 13.2 Å². The maximum Gasteiger partial charge on any atom is 0.229 e. The fourth-order valence-corrected chi connectivity index (χ4v) is 4.07. The number of nitrogens with zero attached hydrogens (tertiary/aromatic N) is 2. The first kappa shape index (κ1) is 19.3. The van der Waals surface area contributed by atoms with Crippen molar-refractivity contribution in [2.24, 2.45) is 5.92 Å². The fraction of sp³-hybridized carbons (Fsp3) is 0.391. The van der Waals surface area contributed by atoms with Gasteiger partial charge in [-0.3, -0.25) is 9.59 Å². The van der Waals surface area contributed by atoms with Gasteiger partial charge >= 0.3 is 0 Å². The van der Waals surface area contributed by atoms with Crippen LogP contribution >= 0.6 is 0 Å². The molecule has 0 spiro atoms. The largest absolute Gasteiger partial charge is 0.494 e. The molecule has 4 rings (SSSR count). The molecule has 0 unspecified atom stereocenters. The zero-order valence-corrected chi connectivity index (χ0v) is 16.8. The van der Waals surface area contributed by atoms with E-state index in [4.69, 9.17) is 4.74 Å². The van der Waals surface area contributed by atoms with Crippen LogP contribution in [0.3, 0.4) is 0 Å². The lowest BCUT2D eigenvalue weighted by Crippen LogP contribution is -2.28. The average molecular weight is 393 g/mol. The molecule has 1 N–H and O–H groups in total. The Morgan fingerprint density at radius 3 is 2.55 bits per heavy atom. The van der Waals surface area contributed by atoms with Crippen LogP contribution in [0.15, 0.2) is 48.5 Å². The third kappa shape index (κ3) is 4.21. The van der Waals surface area contributed by atoms with Crippen LogP contribution < -0.4 is 19.9 Å². The van der Waals surface area contributed by atoms with Gasteiger partial charge in [-0.25, -0.2) is 0 Å². The number of hydrogen-bond donors (Lipinski definition) is 1. The lowest BCUT2D eigenvalue weighted by Gasteiger charge is -2.22. The van der Waals surface area contributed by atoms with Crippen LogP contribution in [0.1, 0.15) is 26.2 Å². The van der Waals surface area contributed by atoms with Crippen molar-refractivity contribution in [2.45, 2.75) is 26.2 Å². The molecule has 2 aliphatic rings. The zero-order valence-electron chi connectivity index (χ0n) is 16.8. The number of carbonyl (C=O) groups excluding carboxylic acids is 2. The third-order valence-corrected chi connectivity index (χ3v) is 5.56. The number of rotatable bonds is 6. The molecular formula is C23H27N3O3. The van der Waals surface area contributed by atoms with Crippen LogP contribution in [-0.4, -0.2) is 38.1 Å². The molecule has 0 aliphatic carbocycles. The monoisotopic (exact) mass is 393 g/mol. The lowest BCUT2D eigenvalue weighted by molar-refractivity contribution is -0.122. The summed E-state index contributed by atoms with van der Waals surface area (Å²) in [5.41, 5.74) is 2.68. The summed E-state index contributed by atoms with van der Waals surface area (Å²) in [5.74, 6) is 0.289. The molecule has 6 heteroatoms. The Morgan fingerprint density at radius 1 is 1.10 bits per heavy atom. The van der Waals surface area contributed by atoms with Crippen LogP contribution in [0, 0.1) is 5.92 Å². The Kier molecular flexibility index (Phi) is 5.69. The third-order valence-electron chi connectivity index (χ3n) is 5.56. The highest BCUT2D eigenvalue weighted by atomic mass is 16.5. The van der Waals surface area contributed by atoms with Gasteiger partial charge in [-0.1, -0.05) is 12.1 Å². The van der Waals surface area contributed by atoms with E-state index in [2.05, 4.69) is 10.2 Å². The Balaban J connectivity index is 1.43. The average Bonchev–Trinajstić information content (AvgIpc) is 3.39. The molecule has 0 bridgehead atoms. The molecule has 0 saturated carbocycles. The number of anilines is 3. The molecular weight excluding hydrogens is 366 g/mol. The van der Waals surface area contributed by atoms with Crippen molar-refractivity contribution in [3.63, 3.8) is 0 Å². The van der Waals surface area contributed by atoms with E-state index < -0.39 is 0 Å². The van der Waals surface area contributed by atoms with Gasteiger partial charge in [-0.15, -0.1) is 0 Å². The number of hydrogen-bond acceptors (Lipinski definition) is 4. The number of benzene rings is 2. The molecule has 2 aromatic rings. The molecule has 1 atom stereocenters. The smallest absolute Gasteiger partial charge is 0.229 e. The summed E-state index contributed by atoms with van der Waals surface area (Å²) in [5, 5.41) is 3.07. The van der Waals surface area contributed by atoms with Crippen molar-refractivity contribution in [1.82, 2.24) is 0 Å². The van der Waals surface area contributed by atoms with E-state index >= 15 is 0 Å². The minimum Gasteiger partial charge on any atom is -0.494 e. The summed E-state index contributed by atoms with van der Waals surface area (Å²) in [7, 11) is 0. The highest BCUT2D eigenvalue weighted by Crippen LogP contribution is 2.31. The highest BCUT2D eigenvalue weighted by molar-refractivity contribution is 6.04. The van der Waals surface area contributed by atoms with Gasteiger partial charge in [0, 0.05) is 31.7 Å². The van der Waals surface area contributed by atoms with Crippen LogP contribution in [-0.2, 0) is 9.59 Å². The lowest BCUT2D eigenvalue weighted by atomic mass is 10.1. The summed E-state index contributed by atoms with van der Waals surface area (Å²) in [6, 6.07) is 15.4. The quantitative estimate of drug-likeness (QED) is 0.813. The van der Waals surface area contributed by atoms with Crippen molar-refractivity contribution < 1.29 is 14.3 Å². The first-order valence-corrected chi connectivity index (χ1v) is 10.3. The van der Waals surface area contributed by atoms with Crippen molar-refractivity contribution >= 4 is 28.9 Å². The molecule has 2 fully saturated rings. The van der Waals surface area contributed by atoms with E-state index in [9.17, 15) is 9.59 Å². The summed E-state index contributed by atoms with van der Waals surface area (Å²) in [4.78, 5) is 29.4. The topological polar surface area (TPSA) is 61.9 Å². The van der Waals surface area contributed by atoms with E-state index in [1.54, 1.807) is 4.90 Å². The zero-order chi connectivity index (χ0) is 20.2. The van der Waals surface area contributed by atoms with Gasteiger partial charge in [0.2, 0.25) is 11.8 Å². The van der Waals surface area contributed by atoms with Gasteiger partial charge in [-0.05, 0) is 56.2 Å². The van der Waals surface area contributed by atoms with Gasteiger partial charge < -0.3 is 19.9 Å². The minimum absolute atomic E-state index is 0.0258. The van der Waals surface area contributed by atoms with Crippen LogP contribution in [0.5, 0.6) is 5.75 Å². The molecule has 29 heavy (non-hydrogen) atoms. The summed E-state index contributed by atoms with van der Waals surface area (Å²) < 4.78 is 5.46. The molecule has 2 saturated heterocycles. The summed E-state index contributed by atoms with van der Waals surface area (Å²) in [6.07, 6.45) is 2.58. The molecule has 6 nitrogen and oxygen atoms in total. The first-order chi connectivity index (χ1) is 14.2. The SMILES string of the molecule is CCOc1ccc(N2C[C@@H](C(=O)Nc3ccccc3N3CCCC3)CC2=O)cc1. The number of nitrogens with one attached hydrogen (secondary N) is 1. The Hall–Kier alpha value is -3.02. The molecule has 2 amide bonds. The number of para-hydroxylation sites is 2. The molecule has 2 aliphatic heterocycles. The Bertz CT molecular complexity index is 875. The van der Waals surface area contributed by atoms with E-state index in [1.165, 1.54) is 12.8 Å². The van der Waals surface area contributed by atoms with Gasteiger partial charge in [0.1, 0.15) is 5.75 Å². The number of ether oxygens (including phenoxy) is 1. The van der Waals surface area contributed by atoms with Crippen LogP contribution in [0.25, 0.3) is 0 Å². The predicted molar refractivity (Wildman–Crippen MR) is 115 cm³/mol. The molecule has 152 valence electrons. The minimum atomic E-state index is -0.360. The second kappa shape index (κ2) is 8.55.